The number of amides is 2. The summed E-state index contributed by atoms with van der Waals surface area (Å²) in [4.78, 5) is 31.1. The second-order valence-corrected chi connectivity index (χ2v) is 7.27. The highest BCUT2D eigenvalue weighted by Crippen LogP contribution is 2.27. The lowest BCUT2D eigenvalue weighted by Gasteiger charge is -2.23. The second kappa shape index (κ2) is 7.40. The summed E-state index contributed by atoms with van der Waals surface area (Å²) in [5.74, 6) is 0.441. The van der Waals surface area contributed by atoms with Crippen LogP contribution in [0.25, 0.3) is 11.0 Å². The van der Waals surface area contributed by atoms with Crippen LogP contribution in [-0.2, 0) is 16.0 Å². The molecule has 0 aliphatic carbocycles. The zero-order valence-electron chi connectivity index (χ0n) is 14.8. The average Bonchev–Trinajstić information content (AvgIpc) is 3.42. The van der Waals surface area contributed by atoms with E-state index in [1.807, 2.05) is 12.1 Å². The zero-order chi connectivity index (χ0) is 18.8. The number of nitrogens with zero attached hydrogens (tertiary/aromatic N) is 2. The van der Waals surface area contributed by atoms with Gasteiger partial charge in [-0.2, -0.15) is 0 Å². The molecule has 1 N–H and O–H groups in total. The number of fused-ring (bicyclic) bond motifs is 1. The molecule has 2 aromatic heterocycles. The van der Waals surface area contributed by atoms with Crippen molar-refractivity contribution in [1.82, 2.24) is 9.88 Å². The highest BCUT2D eigenvalue weighted by atomic mass is 32.1. The van der Waals surface area contributed by atoms with E-state index in [0.717, 1.165) is 17.4 Å². The maximum atomic E-state index is 12.9. The van der Waals surface area contributed by atoms with E-state index in [1.54, 1.807) is 35.9 Å². The van der Waals surface area contributed by atoms with Gasteiger partial charge in [-0.05, 0) is 25.0 Å². The van der Waals surface area contributed by atoms with Crippen molar-refractivity contribution in [3.63, 3.8) is 0 Å². The van der Waals surface area contributed by atoms with E-state index in [2.05, 4.69) is 10.3 Å². The van der Waals surface area contributed by atoms with Crippen molar-refractivity contribution < 1.29 is 18.7 Å². The van der Waals surface area contributed by atoms with Gasteiger partial charge in [0, 0.05) is 35.1 Å². The van der Waals surface area contributed by atoms with Crippen molar-refractivity contribution in [2.24, 2.45) is 0 Å². The van der Waals surface area contributed by atoms with Gasteiger partial charge in [-0.25, -0.2) is 4.98 Å². The first kappa shape index (κ1) is 17.5. The second-order valence-electron chi connectivity index (χ2n) is 6.37. The molecule has 8 heteroatoms. The van der Waals surface area contributed by atoms with Crippen molar-refractivity contribution in [2.45, 2.75) is 25.3 Å². The van der Waals surface area contributed by atoms with E-state index in [-0.39, 0.29) is 18.2 Å². The summed E-state index contributed by atoms with van der Waals surface area (Å²) >= 11 is 1.36. The fourth-order valence-corrected chi connectivity index (χ4v) is 3.94. The molecular weight excluding hydrogens is 366 g/mol. The molecule has 1 aliphatic rings. The molecule has 0 radical (unpaired) electrons. The van der Waals surface area contributed by atoms with Crippen molar-refractivity contribution in [3.8, 4) is 5.75 Å². The normalized spacial score (nSPS) is 16.6. The third kappa shape index (κ3) is 3.52. The number of methoxy groups -OCH3 is 1. The molecule has 1 unspecified atom stereocenters. The van der Waals surface area contributed by atoms with Gasteiger partial charge in [-0.15, -0.1) is 11.3 Å². The molecule has 27 heavy (non-hydrogen) atoms. The molecule has 0 saturated carbocycles. The Labute approximate surface area is 159 Å². The van der Waals surface area contributed by atoms with E-state index in [4.69, 9.17) is 9.15 Å². The number of aromatic nitrogens is 1. The molecule has 3 aromatic rings. The van der Waals surface area contributed by atoms with Gasteiger partial charge in [0.2, 0.25) is 11.8 Å². The lowest BCUT2D eigenvalue weighted by molar-refractivity contribution is -0.136. The van der Waals surface area contributed by atoms with Gasteiger partial charge in [0.1, 0.15) is 17.4 Å². The number of thiazole rings is 1. The highest BCUT2D eigenvalue weighted by Gasteiger charge is 2.34. The topological polar surface area (TPSA) is 84.7 Å². The molecule has 2 amide bonds. The number of nitrogens with one attached hydrogen (secondary N) is 1. The Morgan fingerprint density at radius 3 is 3.11 bits per heavy atom. The van der Waals surface area contributed by atoms with E-state index in [0.29, 0.717) is 29.4 Å². The fraction of sp³-hybridized carbons (Fsp3) is 0.316. The predicted molar refractivity (Wildman–Crippen MR) is 102 cm³/mol. The Hall–Kier alpha value is -2.87. The van der Waals surface area contributed by atoms with Crippen molar-refractivity contribution in [1.29, 1.82) is 0 Å². The number of carbonyl (C=O) groups is 2. The van der Waals surface area contributed by atoms with Crippen LogP contribution in [0.1, 0.15) is 18.4 Å². The molecule has 3 heterocycles. The van der Waals surface area contributed by atoms with Crippen LogP contribution < -0.4 is 10.1 Å². The molecule has 0 spiro atoms. The maximum absolute atomic E-state index is 12.9. The first-order valence-electron chi connectivity index (χ1n) is 8.69. The average molecular weight is 385 g/mol. The summed E-state index contributed by atoms with van der Waals surface area (Å²) in [7, 11) is 1.60. The first-order valence-corrected chi connectivity index (χ1v) is 9.57. The number of hydrogen-bond donors (Lipinski definition) is 1. The van der Waals surface area contributed by atoms with Crippen LogP contribution in [0, 0.1) is 0 Å². The summed E-state index contributed by atoms with van der Waals surface area (Å²) < 4.78 is 10.8. The molecule has 0 bridgehead atoms. The molecule has 7 nitrogen and oxygen atoms in total. The standard InChI is InChI=1S/C19H19N3O4S/c1-25-13-4-5-14-12(11-26-16(14)10-13)9-17(23)22-7-2-3-15(22)18(24)21-19-20-6-8-27-19/h4-6,8,10-11,15H,2-3,7,9H2,1H3,(H,20,21,24). The van der Waals surface area contributed by atoms with Gasteiger partial charge in [-0.1, -0.05) is 0 Å². The van der Waals surface area contributed by atoms with Crippen LogP contribution in [-0.4, -0.2) is 41.4 Å². The van der Waals surface area contributed by atoms with Gasteiger partial charge < -0.3 is 19.4 Å². The summed E-state index contributed by atoms with van der Waals surface area (Å²) in [5.41, 5.74) is 1.49. The Balaban J connectivity index is 1.48. The molecule has 1 aliphatic heterocycles. The minimum absolute atomic E-state index is 0.0784. The monoisotopic (exact) mass is 385 g/mol. The summed E-state index contributed by atoms with van der Waals surface area (Å²) in [6.07, 6.45) is 4.90. The number of ether oxygens (including phenoxy) is 1. The number of benzene rings is 1. The molecule has 1 saturated heterocycles. The minimum atomic E-state index is -0.459. The molecular formula is C19H19N3O4S. The number of likely N-dealkylation sites (tertiary alicyclic amines) is 1. The quantitative estimate of drug-likeness (QED) is 0.730. The lowest BCUT2D eigenvalue weighted by Crippen LogP contribution is -2.43. The lowest BCUT2D eigenvalue weighted by atomic mass is 10.1. The Morgan fingerprint density at radius 2 is 2.33 bits per heavy atom. The Bertz CT molecular complexity index is 967. The van der Waals surface area contributed by atoms with Gasteiger partial charge in [0.15, 0.2) is 5.13 Å². The predicted octanol–water partition coefficient (Wildman–Crippen LogP) is 3.07. The first-order chi connectivity index (χ1) is 13.2. The van der Waals surface area contributed by atoms with Crippen molar-refractivity contribution in [3.05, 3.63) is 41.6 Å². The SMILES string of the molecule is COc1ccc2c(CC(=O)N3CCCC3C(=O)Nc3nccs3)coc2c1. The number of anilines is 1. The van der Waals surface area contributed by atoms with Crippen LogP contribution in [0.3, 0.4) is 0 Å². The van der Waals surface area contributed by atoms with Gasteiger partial charge in [0.25, 0.3) is 0 Å². The number of furan rings is 1. The molecule has 1 aromatic carbocycles. The third-order valence-corrected chi connectivity index (χ3v) is 5.43. The van der Waals surface area contributed by atoms with E-state index >= 15 is 0 Å². The van der Waals surface area contributed by atoms with E-state index < -0.39 is 6.04 Å². The zero-order valence-corrected chi connectivity index (χ0v) is 15.6. The van der Waals surface area contributed by atoms with Crippen molar-refractivity contribution >= 4 is 39.3 Å². The molecule has 140 valence electrons. The minimum Gasteiger partial charge on any atom is -0.497 e. The van der Waals surface area contributed by atoms with Gasteiger partial charge in [-0.3, -0.25) is 9.59 Å². The number of rotatable bonds is 5. The number of hydrogen-bond acceptors (Lipinski definition) is 6. The molecule has 1 fully saturated rings. The van der Waals surface area contributed by atoms with E-state index in [9.17, 15) is 9.59 Å². The largest absolute Gasteiger partial charge is 0.497 e. The van der Waals surface area contributed by atoms with Crippen molar-refractivity contribution in [2.75, 3.05) is 19.0 Å². The summed E-state index contributed by atoms with van der Waals surface area (Å²) in [5, 5.41) is 6.02. The van der Waals surface area contributed by atoms with Gasteiger partial charge >= 0.3 is 0 Å². The highest BCUT2D eigenvalue weighted by molar-refractivity contribution is 7.13. The van der Waals surface area contributed by atoms with Crippen LogP contribution in [0.2, 0.25) is 0 Å². The van der Waals surface area contributed by atoms with Crippen LogP contribution in [0.5, 0.6) is 5.75 Å². The summed E-state index contributed by atoms with van der Waals surface area (Å²) in [6, 6.07) is 5.06. The van der Waals surface area contributed by atoms with E-state index in [1.165, 1.54) is 11.3 Å². The Kier molecular flexibility index (Phi) is 4.81. The third-order valence-electron chi connectivity index (χ3n) is 4.74. The smallest absolute Gasteiger partial charge is 0.248 e. The fourth-order valence-electron chi connectivity index (χ4n) is 3.40. The summed E-state index contributed by atoms with van der Waals surface area (Å²) in [6.45, 7) is 0.582. The Morgan fingerprint density at radius 1 is 1.44 bits per heavy atom. The van der Waals surface area contributed by atoms with Gasteiger partial charge in [0.05, 0.1) is 19.8 Å². The maximum Gasteiger partial charge on any atom is 0.248 e. The van der Waals surface area contributed by atoms with Crippen LogP contribution in [0.4, 0.5) is 5.13 Å². The number of carbonyl (C=O) groups excluding carboxylic acids is 2. The molecule has 4 rings (SSSR count). The van der Waals surface area contributed by atoms with Crippen LogP contribution >= 0.6 is 11.3 Å². The van der Waals surface area contributed by atoms with Crippen LogP contribution in [0.15, 0.2) is 40.5 Å². The molecule has 1 atom stereocenters.